The van der Waals surface area contributed by atoms with Crippen LogP contribution < -0.4 is 15.6 Å². The molecule has 0 aliphatic carbocycles. The van der Waals surface area contributed by atoms with Crippen LogP contribution in [0.2, 0.25) is 5.02 Å². The molecule has 2 atom stereocenters. The number of fused-ring (bicyclic) bond motifs is 1. The predicted octanol–water partition coefficient (Wildman–Crippen LogP) is 3.60. The number of ether oxygens (including phenoxy) is 1. The molecule has 4 heterocycles. The number of halogens is 1. The Morgan fingerprint density at radius 2 is 1.95 bits per heavy atom. The molecular weight excluding hydrogens is 542 g/mol. The Bertz CT molecular complexity index is 1610. The van der Waals surface area contributed by atoms with Gasteiger partial charge in [-0.05, 0) is 49.6 Å². The van der Waals surface area contributed by atoms with Gasteiger partial charge < -0.3 is 24.6 Å². The van der Waals surface area contributed by atoms with Crippen molar-refractivity contribution in [2.24, 2.45) is 5.92 Å². The van der Waals surface area contributed by atoms with Crippen molar-refractivity contribution in [3.8, 4) is 11.4 Å². The third-order valence-corrected chi connectivity index (χ3v) is 8.89. The highest BCUT2D eigenvalue weighted by molar-refractivity contribution is 6.32. The van der Waals surface area contributed by atoms with Crippen molar-refractivity contribution in [1.29, 1.82) is 0 Å². The second-order valence-corrected chi connectivity index (χ2v) is 11.5. The highest BCUT2D eigenvalue weighted by Crippen LogP contribution is 2.33. The Balaban J connectivity index is 1.15. The number of benzene rings is 2. The van der Waals surface area contributed by atoms with Crippen LogP contribution in [0.25, 0.3) is 16.7 Å². The van der Waals surface area contributed by atoms with Crippen LogP contribution in [0.15, 0.2) is 71.9 Å². The molecule has 2 aliphatic rings. The first-order chi connectivity index (χ1) is 19.9. The zero-order chi connectivity index (χ0) is 28.6. The molecule has 2 aromatic heterocycles. The second-order valence-electron chi connectivity index (χ2n) is 11.1. The average Bonchev–Trinajstić information content (AvgIpc) is 3.44. The molecule has 1 amide bonds. The molecule has 2 aromatic carbocycles. The fourth-order valence-electron chi connectivity index (χ4n) is 6.23. The minimum Gasteiger partial charge on any atom is -0.495 e. The van der Waals surface area contributed by atoms with E-state index in [0.29, 0.717) is 47.7 Å². The van der Waals surface area contributed by atoms with Gasteiger partial charge in [0.05, 0.1) is 35.4 Å². The molecule has 4 aromatic rings. The number of piperidine rings is 2. The van der Waals surface area contributed by atoms with Gasteiger partial charge in [-0.15, -0.1) is 0 Å². The summed E-state index contributed by atoms with van der Waals surface area (Å²) in [6.45, 7) is 2.64. The van der Waals surface area contributed by atoms with E-state index in [1.165, 1.54) is 16.5 Å². The number of aromatic nitrogens is 3. The number of rotatable bonds is 6. The first-order valence-corrected chi connectivity index (χ1v) is 14.4. The zero-order valence-corrected chi connectivity index (χ0v) is 23.8. The van der Waals surface area contributed by atoms with Gasteiger partial charge in [0.25, 0.3) is 5.56 Å². The number of hydrogen-bond acceptors (Lipinski definition) is 6. The molecule has 2 aliphatic heterocycles. The van der Waals surface area contributed by atoms with Crippen LogP contribution in [-0.2, 0) is 11.3 Å². The first-order valence-electron chi connectivity index (χ1n) is 14.0. The number of carbonyl (C=O) groups is 1. The van der Waals surface area contributed by atoms with E-state index < -0.39 is 5.60 Å². The molecule has 9 nitrogen and oxygen atoms in total. The highest BCUT2D eigenvalue weighted by Gasteiger charge is 2.39. The molecule has 214 valence electrons. The van der Waals surface area contributed by atoms with Gasteiger partial charge in [-0.3, -0.25) is 14.2 Å². The Kier molecular flexibility index (Phi) is 7.59. The van der Waals surface area contributed by atoms with Crippen LogP contribution in [0, 0.1) is 5.92 Å². The standard InChI is InChI=1S/C31H34ClN5O4/c1-41-27-17-22(7-8-26(27)32)37-14-10-24-28(37)34-20-36(30(24)39)19-31(40)11-15-35(16-12-31)29(38)23-9-13-33-18-25(23)21-5-3-2-4-6-21/h2-8,10,14,17,20,23,25,33,40H,9,11-13,15-16,18-19H2,1H3/t23-,25+/m1/s1. The lowest BCUT2D eigenvalue weighted by Gasteiger charge is -2.41. The lowest BCUT2D eigenvalue weighted by molar-refractivity contribution is -0.141. The predicted molar refractivity (Wildman–Crippen MR) is 158 cm³/mol. The van der Waals surface area contributed by atoms with Gasteiger partial charge in [0.15, 0.2) is 5.65 Å². The van der Waals surface area contributed by atoms with E-state index in [1.807, 2.05) is 33.7 Å². The van der Waals surface area contributed by atoms with Crippen LogP contribution in [0.4, 0.5) is 0 Å². The Morgan fingerprint density at radius 1 is 1.17 bits per heavy atom. The van der Waals surface area contributed by atoms with Gasteiger partial charge in [-0.1, -0.05) is 41.9 Å². The lowest BCUT2D eigenvalue weighted by Crippen LogP contribution is -2.52. The van der Waals surface area contributed by atoms with Gasteiger partial charge in [0, 0.05) is 43.7 Å². The Hall–Kier alpha value is -3.66. The quantitative estimate of drug-likeness (QED) is 0.364. The van der Waals surface area contributed by atoms with Gasteiger partial charge in [0.2, 0.25) is 5.91 Å². The second kappa shape index (κ2) is 11.3. The molecule has 2 saturated heterocycles. The van der Waals surface area contributed by atoms with E-state index in [2.05, 4.69) is 22.4 Å². The molecule has 2 N–H and O–H groups in total. The van der Waals surface area contributed by atoms with Crippen LogP contribution >= 0.6 is 11.6 Å². The smallest absolute Gasteiger partial charge is 0.262 e. The lowest BCUT2D eigenvalue weighted by atomic mass is 9.80. The van der Waals surface area contributed by atoms with Crippen molar-refractivity contribution in [2.75, 3.05) is 33.3 Å². The first kappa shape index (κ1) is 27.5. The minimum atomic E-state index is -1.10. The number of aliphatic hydroxyl groups is 1. The summed E-state index contributed by atoms with van der Waals surface area (Å²) in [7, 11) is 1.55. The summed E-state index contributed by atoms with van der Waals surface area (Å²) in [4.78, 5) is 33.5. The van der Waals surface area contributed by atoms with E-state index in [-0.39, 0.29) is 29.8 Å². The van der Waals surface area contributed by atoms with Crippen molar-refractivity contribution < 1.29 is 14.6 Å². The number of methoxy groups -OCH3 is 1. The Labute approximate surface area is 243 Å². The van der Waals surface area contributed by atoms with E-state index in [0.717, 1.165) is 25.2 Å². The Morgan fingerprint density at radius 3 is 2.71 bits per heavy atom. The molecule has 0 unspecified atom stereocenters. The SMILES string of the molecule is COc1cc(-n2ccc3c(=O)n(CC4(O)CCN(C(=O)[C@@H]5CCNC[C@H]5c5ccccc5)CC4)cnc32)ccc1Cl. The summed E-state index contributed by atoms with van der Waals surface area (Å²) in [6, 6.07) is 17.3. The molecule has 0 radical (unpaired) electrons. The van der Waals surface area contributed by atoms with Crippen molar-refractivity contribution >= 4 is 28.5 Å². The average molecular weight is 576 g/mol. The van der Waals surface area contributed by atoms with Crippen molar-refractivity contribution in [1.82, 2.24) is 24.3 Å². The van der Waals surface area contributed by atoms with Crippen LogP contribution in [0.5, 0.6) is 5.75 Å². The molecule has 10 heteroatoms. The molecule has 41 heavy (non-hydrogen) atoms. The largest absolute Gasteiger partial charge is 0.495 e. The van der Waals surface area contributed by atoms with Gasteiger partial charge in [-0.25, -0.2) is 4.98 Å². The number of nitrogens with zero attached hydrogens (tertiary/aromatic N) is 4. The third-order valence-electron chi connectivity index (χ3n) is 8.58. The normalized spacial score (nSPS) is 20.7. The summed E-state index contributed by atoms with van der Waals surface area (Å²) >= 11 is 6.17. The van der Waals surface area contributed by atoms with E-state index in [1.54, 1.807) is 31.5 Å². The van der Waals surface area contributed by atoms with Crippen molar-refractivity contribution in [3.63, 3.8) is 0 Å². The molecule has 0 saturated carbocycles. The number of nitrogens with one attached hydrogen (secondary N) is 1. The van der Waals surface area contributed by atoms with Gasteiger partial charge >= 0.3 is 0 Å². The molecular formula is C31H34ClN5O4. The molecule has 2 fully saturated rings. The zero-order valence-electron chi connectivity index (χ0n) is 23.0. The van der Waals surface area contributed by atoms with Crippen LogP contribution in [0.3, 0.4) is 0 Å². The highest BCUT2D eigenvalue weighted by atomic mass is 35.5. The molecule has 6 rings (SSSR count). The van der Waals surface area contributed by atoms with Crippen LogP contribution in [-0.4, -0.2) is 68.9 Å². The summed E-state index contributed by atoms with van der Waals surface area (Å²) in [5.41, 5.74) is 1.14. The summed E-state index contributed by atoms with van der Waals surface area (Å²) in [5, 5.41) is 15.8. The maximum absolute atomic E-state index is 13.6. The number of amides is 1. The number of hydrogen-bond donors (Lipinski definition) is 2. The van der Waals surface area contributed by atoms with E-state index in [9.17, 15) is 14.7 Å². The van der Waals surface area contributed by atoms with E-state index >= 15 is 0 Å². The summed E-state index contributed by atoms with van der Waals surface area (Å²) in [6.07, 6.45) is 4.87. The maximum Gasteiger partial charge on any atom is 0.262 e. The monoisotopic (exact) mass is 575 g/mol. The van der Waals surface area contributed by atoms with Crippen molar-refractivity contribution in [2.45, 2.75) is 37.3 Å². The number of carbonyl (C=O) groups excluding carboxylic acids is 1. The van der Waals surface area contributed by atoms with Crippen LogP contribution in [0.1, 0.15) is 30.7 Å². The van der Waals surface area contributed by atoms with E-state index in [4.69, 9.17) is 16.3 Å². The minimum absolute atomic E-state index is 0.0799. The van der Waals surface area contributed by atoms with Gasteiger partial charge in [0.1, 0.15) is 12.1 Å². The van der Waals surface area contributed by atoms with Crippen molar-refractivity contribution in [3.05, 3.63) is 88.1 Å². The third kappa shape index (κ3) is 5.37. The number of likely N-dealkylation sites (tertiary alicyclic amines) is 1. The molecule has 0 bridgehead atoms. The maximum atomic E-state index is 13.6. The van der Waals surface area contributed by atoms with Gasteiger partial charge in [-0.2, -0.15) is 0 Å². The fraction of sp³-hybridized carbons (Fsp3) is 0.387. The molecule has 0 spiro atoms. The summed E-state index contributed by atoms with van der Waals surface area (Å²) < 4.78 is 8.61. The topological polar surface area (TPSA) is 102 Å². The summed E-state index contributed by atoms with van der Waals surface area (Å²) in [5.74, 6) is 0.740. The fourth-order valence-corrected chi connectivity index (χ4v) is 6.43.